The second-order valence-electron chi connectivity index (χ2n) is 6.17. The van der Waals surface area contributed by atoms with Gasteiger partial charge in [-0.05, 0) is 38.8 Å². The van der Waals surface area contributed by atoms with E-state index in [0.29, 0.717) is 5.69 Å². The van der Waals surface area contributed by atoms with Gasteiger partial charge in [0.2, 0.25) is 0 Å². The largest absolute Gasteiger partial charge is 0.458 e. The highest BCUT2D eigenvalue weighted by atomic mass is 19.1. The summed E-state index contributed by atoms with van der Waals surface area (Å²) >= 11 is 0. The van der Waals surface area contributed by atoms with Crippen molar-refractivity contribution in [2.45, 2.75) is 46.3 Å². The highest BCUT2D eigenvalue weighted by molar-refractivity contribution is 5.80. The summed E-state index contributed by atoms with van der Waals surface area (Å²) in [5.74, 6) is -1.12. The number of carbonyl (C=O) groups is 1. The molecule has 0 aromatic heterocycles. The van der Waals surface area contributed by atoms with Gasteiger partial charge in [-0.1, -0.05) is 19.9 Å². The van der Waals surface area contributed by atoms with Crippen molar-refractivity contribution in [3.8, 4) is 6.07 Å². The van der Waals surface area contributed by atoms with Gasteiger partial charge in [0.15, 0.2) is 0 Å². The molecule has 0 spiro atoms. The Labute approximate surface area is 124 Å². The van der Waals surface area contributed by atoms with Gasteiger partial charge in [-0.3, -0.25) is 0 Å². The zero-order valence-corrected chi connectivity index (χ0v) is 13.0. The smallest absolute Gasteiger partial charge is 0.329 e. The van der Waals surface area contributed by atoms with Crippen LogP contribution in [0.5, 0.6) is 0 Å². The van der Waals surface area contributed by atoms with Crippen LogP contribution >= 0.6 is 0 Å². The van der Waals surface area contributed by atoms with Crippen LogP contribution in [-0.4, -0.2) is 17.6 Å². The van der Waals surface area contributed by atoms with Gasteiger partial charge in [0.05, 0.1) is 5.69 Å². The Balaban J connectivity index is 3.03. The third-order valence-corrected chi connectivity index (χ3v) is 2.76. The number of halogens is 1. The summed E-state index contributed by atoms with van der Waals surface area (Å²) in [6.45, 7) is 9.06. The number of hydrogen-bond acceptors (Lipinski definition) is 4. The van der Waals surface area contributed by atoms with E-state index in [0.717, 1.165) is 0 Å². The van der Waals surface area contributed by atoms with Crippen LogP contribution in [0, 0.1) is 23.1 Å². The lowest BCUT2D eigenvalue weighted by molar-refractivity contribution is -0.156. The summed E-state index contributed by atoms with van der Waals surface area (Å²) in [5, 5.41) is 12.0. The number of nitriles is 1. The molecule has 0 aliphatic rings. The Bertz CT molecular complexity index is 556. The Kier molecular flexibility index (Phi) is 5.31. The first-order valence-corrected chi connectivity index (χ1v) is 6.83. The Hall–Kier alpha value is -2.09. The van der Waals surface area contributed by atoms with Crippen LogP contribution in [0.4, 0.5) is 10.1 Å². The molecule has 4 nitrogen and oxygen atoms in total. The maximum Gasteiger partial charge on any atom is 0.329 e. The number of anilines is 1. The highest BCUT2D eigenvalue weighted by Gasteiger charge is 2.28. The second-order valence-corrected chi connectivity index (χ2v) is 6.17. The molecule has 114 valence electrons. The van der Waals surface area contributed by atoms with Crippen LogP contribution < -0.4 is 5.32 Å². The number of esters is 1. The van der Waals surface area contributed by atoms with E-state index < -0.39 is 23.4 Å². The van der Waals surface area contributed by atoms with Crippen LogP contribution in [0.3, 0.4) is 0 Å². The fourth-order valence-corrected chi connectivity index (χ4v) is 1.79. The second kappa shape index (κ2) is 6.57. The topological polar surface area (TPSA) is 62.1 Å². The van der Waals surface area contributed by atoms with E-state index in [4.69, 9.17) is 10.00 Å². The van der Waals surface area contributed by atoms with Crippen molar-refractivity contribution >= 4 is 11.7 Å². The summed E-state index contributed by atoms with van der Waals surface area (Å²) in [7, 11) is 0. The quantitative estimate of drug-likeness (QED) is 0.863. The van der Waals surface area contributed by atoms with E-state index in [1.54, 1.807) is 32.9 Å². The highest BCUT2D eigenvalue weighted by Crippen LogP contribution is 2.22. The molecular weight excluding hydrogens is 271 g/mol. The number of benzene rings is 1. The molecule has 0 amide bonds. The molecule has 1 atom stereocenters. The molecule has 1 N–H and O–H groups in total. The summed E-state index contributed by atoms with van der Waals surface area (Å²) in [6, 6.07) is 5.42. The molecular formula is C16H21FN2O2. The third kappa shape index (κ3) is 4.75. The molecule has 0 fully saturated rings. The van der Waals surface area contributed by atoms with E-state index in [2.05, 4.69) is 5.32 Å². The van der Waals surface area contributed by atoms with Crippen LogP contribution in [0.2, 0.25) is 0 Å². The van der Waals surface area contributed by atoms with Gasteiger partial charge in [0.25, 0.3) is 0 Å². The first-order chi connectivity index (χ1) is 9.65. The van der Waals surface area contributed by atoms with Crippen molar-refractivity contribution in [3.63, 3.8) is 0 Å². The predicted octanol–water partition coefficient (Wildman–Crippen LogP) is 3.48. The number of hydrogen-bond donors (Lipinski definition) is 1. The minimum Gasteiger partial charge on any atom is -0.458 e. The molecule has 1 rings (SSSR count). The van der Waals surface area contributed by atoms with Gasteiger partial charge in [-0.25, -0.2) is 9.18 Å². The molecule has 0 unspecified atom stereocenters. The van der Waals surface area contributed by atoms with Crippen molar-refractivity contribution in [2.24, 2.45) is 5.92 Å². The molecule has 21 heavy (non-hydrogen) atoms. The lowest BCUT2D eigenvalue weighted by atomic mass is 10.0. The SMILES string of the molecule is CC(C)[C@@H](Nc1cccc(F)c1C#N)C(=O)OC(C)(C)C. The van der Waals surface area contributed by atoms with Gasteiger partial charge in [-0.2, -0.15) is 5.26 Å². The first-order valence-electron chi connectivity index (χ1n) is 6.83. The van der Waals surface area contributed by atoms with Crippen LogP contribution in [0.15, 0.2) is 18.2 Å². The van der Waals surface area contributed by atoms with E-state index in [9.17, 15) is 9.18 Å². The number of ether oxygens (including phenoxy) is 1. The molecule has 0 saturated carbocycles. The van der Waals surface area contributed by atoms with Crippen LogP contribution in [-0.2, 0) is 9.53 Å². The van der Waals surface area contributed by atoms with Crippen molar-refractivity contribution in [1.29, 1.82) is 5.26 Å². The van der Waals surface area contributed by atoms with Gasteiger partial charge in [-0.15, -0.1) is 0 Å². The average molecular weight is 292 g/mol. The fourth-order valence-electron chi connectivity index (χ4n) is 1.79. The van der Waals surface area contributed by atoms with E-state index in [-0.39, 0.29) is 11.5 Å². The molecule has 0 saturated heterocycles. The van der Waals surface area contributed by atoms with Gasteiger partial charge < -0.3 is 10.1 Å². The van der Waals surface area contributed by atoms with Crippen molar-refractivity contribution in [2.75, 3.05) is 5.32 Å². The van der Waals surface area contributed by atoms with Gasteiger partial charge in [0, 0.05) is 0 Å². The van der Waals surface area contributed by atoms with Crippen LogP contribution in [0.1, 0.15) is 40.2 Å². The molecule has 0 bridgehead atoms. The minimum absolute atomic E-state index is 0.0744. The Morgan fingerprint density at radius 3 is 2.48 bits per heavy atom. The van der Waals surface area contributed by atoms with Crippen molar-refractivity contribution < 1.29 is 13.9 Å². The van der Waals surface area contributed by atoms with E-state index >= 15 is 0 Å². The minimum atomic E-state index is -0.655. The molecule has 0 aliphatic carbocycles. The zero-order valence-electron chi connectivity index (χ0n) is 13.0. The van der Waals surface area contributed by atoms with Crippen molar-refractivity contribution in [1.82, 2.24) is 0 Å². The molecule has 1 aromatic rings. The number of nitrogens with one attached hydrogen (secondary N) is 1. The maximum atomic E-state index is 13.6. The summed E-state index contributed by atoms with van der Waals surface area (Å²) in [5.41, 5.74) is -0.417. The predicted molar refractivity (Wildman–Crippen MR) is 79.2 cm³/mol. The van der Waals surface area contributed by atoms with Gasteiger partial charge >= 0.3 is 5.97 Å². The third-order valence-electron chi connectivity index (χ3n) is 2.76. The van der Waals surface area contributed by atoms with E-state index in [1.165, 1.54) is 12.1 Å². The first kappa shape index (κ1) is 17.0. The zero-order chi connectivity index (χ0) is 16.2. The van der Waals surface area contributed by atoms with Crippen LogP contribution in [0.25, 0.3) is 0 Å². The monoisotopic (exact) mass is 292 g/mol. The summed E-state index contributed by atoms with van der Waals surface area (Å²) in [4.78, 5) is 12.2. The number of rotatable bonds is 4. The summed E-state index contributed by atoms with van der Waals surface area (Å²) in [6.07, 6.45) is 0. The summed E-state index contributed by atoms with van der Waals surface area (Å²) < 4.78 is 19.0. The molecule has 5 heteroatoms. The lowest BCUT2D eigenvalue weighted by Gasteiger charge is -2.27. The molecule has 0 heterocycles. The van der Waals surface area contributed by atoms with Gasteiger partial charge in [0.1, 0.15) is 29.1 Å². The molecule has 0 aliphatic heterocycles. The fraction of sp³-hybridized carbons (Fsp3) is 0.500. The Morgan fingerprint density at radius 1 is 1.38 bits per heavy atom. The average Bonchev–Trinajstić information content (AvgIpc) is 2.33. The normalized spacial score (nSPS) is 12.7. The lowest BCUT2D eigenvalue weighted by Crippen LogP contribution is -2.40. The number of carbonyl (C=O) groups excluding carboxylic acids is 1. The molecule has 0 radical (unpaired) electrons. The Morgan fingerprint density at radius 2 is 2.00 bits per heavy atom. The van der Waals surface area contributed by atoms with E-state index in [1.807, 2.05) is 13.8 Å². The number of nitrogens with zero attached hydrogens (tertiary/aromatic N) is 1. The maximum absolute atomic E-state index is 13.6. The van der Waals surface area contributed by atoms with Crippen molar-refractivity contribution in [3.05, 3.63) is 29.6 Å². The molecule has 1 aromatic carbocycles. The standard InChI is InChI=1S/C16H21FN2O2/c1-10(2)14(15(20)21-16(3,4)5)19-13-8-6-7-12(17)11(13)9-18/h6-8,10,14,19H,1-5H3/t14-/m1/s1.